The van der Waals surface area contributed by atoms with Gasteiger partial charge in [0, 0.05) is 17.1 Å². The quantitative estimate of drug-likeness (QED) is 0.149. The molecule has 1 aliphatic carbocycles. The van der Waals surface area contributed by atoms with Crippen LogP contribution in [0.2, 0.25) is 0 Å². The highest BCUT2D eigenvalue weighted by atomic mass is 15.1. The molecule has 0 fully saturated rings. The van der Waals surface area contributed by atoms with Crippen molar-refractivity contribution in [2.45, 2.75) is 5.41 Å². The lowest BCUT2D eigenvalue weighted by Crippen LogP contribution is -2.28. The molecular formula is C59H41N. The van der Waals surface area contributed by atoms with E-state index in [9.17, 15) is 4.11 Å². The maximum absolute atomic E-state index is 9.94. The van der Waals surface area contributed by atoms with Crippen molar-refractivity contribution in [3.63, 3.8) is 0 Å². The van der Waals surface area contributed by atoms with E-state index in [-0.39, 0.29) is 28.9 Å². The summed E-state index contributed by atoms with van der Waals surface area (Å²) in [7, 11) is 0. The molecule has 60 heavy (non-hydrogen) atoms. The van der Waals surface area contributed by atoms with Gasteiger partial charge in [-0.25, -0.2) is 0 Å². The first-order chi connectivity index (χ1) is 35.6. The highest BCUT2D eigenvalue weighted by molar-refractivity contribution is 5.99. The van der Waals surface area contributed by atoms with Crippen molar-refractivity contribution < 1.29 is 19.2 Å². The summed E-state index contributed by atoms with van der Waals surface area (Å²) >= 11 is 0. The van der Waals surface area contributed by atoms with Gasteiger partial charge in [0.1, 0.15) is 0 Å². The Morgan fingerprint density at radius 1 is 0.350 bits per heavy atom. The number of anilines is 3. The Labute approximate surface area is 371 Å². The monoisotopic (exact) mass is 777 g/mol. The number of benzene rings is 10. The van der Waals surface area contributed by atoms with Crippen LogP contribution < -0.4 is 4.90 Å². The lowest BCUT2D eigenvalue weighted by Gasteiger charge is -2.35. The summed E-state index contributed by atoms with van der Waals surface area (Å²) < 4.78 is 123. The topological polar surface area (TPSA) is 3.24 Å². The average Bonchev–Trinajstić information content (AvgIpc) is 3.73. The Balaban J connectivity index is 1.16. The van der Waals surface area contributed by atoms with E-state index in [4.69, 9.17) is 15.1 Å². The van der Waals surface area contributed by atoms with E-state index >= 15 is 0 Å². The molecule has 0 spiro atoms. The molecule has 0 aromatic heterocycles. The molecule has 1 heteroatoms. The minimum Gasteiger partial charge on any atom is -0.310 e. The van der Waals surface area contributed by atoms with Crippen molar-refractivity contribution in [2.24, 2.45) is 0 Å². The van der Waals surface area contributed by atoms with E-state index in [1.807, 2.05) is 103 Å². The van der Waals surface area contributed by atoms with Gasteiger partial charge in [-0.15, -0.1) is 0 Å². The fourth-order valence-corrected chi connectivity index (χ4v) is 8.78. The average molecular weight is 778 g/mol. The highest BCUT2D eigenvalue weighted by Gasteiger charge is 2.46. The standard InChI is InChI=1S/C59H41N/c1-5-17-42(18-6-1)46-22-15-27-51(39-46)60(50-35-33-43(34-36-50)47-32-31-45-21-16-29-53(56(45)40-47)44-19-7-2-8-20-44)52-37-38-55-54-28-13-14-30-57(54)59(58(55)41-52,48-23-9-3-10-24-48)49-25-11-4-12-26-49/h1-41H/i1D,2D,5D,6D,7D,8D,15D,17D,18D,19D,20D,22D,27D,39D. The van der Waals surface area contributed by atoms with Crippen LogP contribution in [0.15, 0.2) is 248 Å². The molecule has 0 heterocycles. The Hall–Kier alpha value is -7.74. The molecule has 0 aliphatic heterocycles. The second-order valence-corrected chi connectivity index (χ2v) is 14.6. The van der Waals surface area contributed by atoms with Gasteiger partial charge in [0.05, 0.1) is 24.6 Å². The zero-order chi connectivity index (χ0) is 52.1. The van der Waals surface area contributed by atoms with E-state index < -0.39 is 83.5 Å². The van der Waals surface area contributed by atoms with Gasteiger partial charge in [-0.3, -0.25) is 0 Å². The predicted molar refractivity (Wildman–Crippen MR) is 252 cm³/mol. The lowest BCUT2D eigenvalue weighted by molar-refractivity contribution is 0.768. The second-order valence-electron chi connectivity index (χ2n) is 14.6. The van der Waals surface area contributed by atoms with E-state index in [1.54, 1.807) is 29.2 Å². The summed E-state index contributed by atoms with van der Waals surface area (Å²) in [5, 5.41) is 1.44. The Bertz CT molecular complexity index is 3860. The molecule has 0 unspecified atom stereocenters. The van der Waals surface area contributed by atoms with Crippen LogP contribution in [0.5, 0.6) is 0 Å². The fraction of sp³-hybridized carbons (Fsp3) is 0.0169. The lowest BCUT2D eigenvalue weighted by atomic mass is 9.67. The molecule has 0 bridgehead atoms. The molecule has 10 aromatic rings. The maximum Gasteiger partial charge on any atom is 0.0714 e. The summed E-state index contributed by atoms with van der Waals surface area (Å²) in [4.78, 5) is 1.66. The molecule has 282 valence electrons. The summed E-state index contributed by atoms with van der Waals surface area (Å²) in [5.74, 6) is 0. The number of hydrogen-bond donors (Lipinski definition) is 0. The van der Waals surface area contributed by atoms with Crippen molar-refractivity contribution in [1.82, 2.24) is 0 Å². The molecule has 0 radical (unpaired) electrons. The number of hydrogen-bond acceptors (Lipinski definition) is 1. The minimum absolute atomic E-state index is 0.0820. The van der Waals surface area contributed by atoms with Crippen LogP contribution in [-0.4, -0.2) is 0 Å². The third kappa shape index (κ3) is 5.94. The summed E-state index contributed by atoms with van der Waals surface area (Å²) in [5.41, 5.74) is 6.98. The van der Waals surface area contributed by atoms with E-state index in [0.717, 1.165) is 49.9 Å². The largest absolute Gasteiger partial charge is 0.310 e. The molecule has 0 amide bonds. The molecule has 1 nitrogen and oxygen atoms in total. The van der Waals surface area contributed by atoms with Gasteiger partial charge in [-0.2, -0.15) is 0 Å². The SMILES string of the molecule is [2H]c1c([2H])c([2H])c(-c2c([2H])c([2H])c([2H])c(N(c3ccc(-c4ccc5cccc(-c6c([2H])c([2H])c([2H])c([2H])c6[2H])c5c4)cc3)c3ccc4c(c3)C(c3ccccc3)(c3ccccc3)c3ccccc3-4)c2[2H])c([2H])c1[2H]. The summed E-state index contributed by atoms with van der Waals surface area (Å²) in [6, 6.07) is 45.4. The number of nitrogens with zero attached hydrogens (tertiary/aromatic N) is 1. The fourth-order valence-electron chi connectivity index (χ4n) is 8.78. The molecule has 11 rings (SSSR count). The van der Waals surface area contributed by atoms with Crippen LogP contribution in [0, 0.1) is 0 Å². The van der Waals surface area contributed by atoms with Crippen molar-refractivity contribution in [3.8, 4) is 44.5 Å². The minimum atomic E-state index is -0.859. The van der Waals surface area contributed by atoms with Gasteiger partial charge in [0.15, 0.2) is 0 Å². The van der Waals surface area contributed by atoms with Gasteiger partial charge in [0.25, 0.3) is 0 Å². The Morgan fingerprint density at radius 3 is 1.68 bits per heavy atom. The van der Waals surface area contributed by atoms with Crippen molar-refractivity contribution in [1.29, 1.82) is 0 Å². The zero-order valence-corrected chi connectivity index (χ0v) is 32.0. The summed E-state index contributed by atoms with van der Waals surface area (Å²) in [6.07, 6.45) is 0. The van der Waals surface area contributed by atoms with Crippen molar-refractivity contribution >= 4 is 27.8 Å². The van der Waals surface area contributed by atoms with Gasteiger partial charge in [-0.05, 0) is 120 Å². The van der Waals surface area contributed by atoms with Crippen molar-refractivity contribution in [3.05, 3.63) is 271 Å². The van der Waals surface area contributed by atoms with Gasteiger partial charge in [-0.1, -0.05) is 206 Å². The predicted octanol–water partition coefficient (Wildman–Crippen LogP) is 15.7. The third-order valence-corrected chi connectivity index (χ3v) is 11.4. The van der Waals surface area contributed by atoms with Gasteiger partial charge in [0.2, 0.25) is 0 Å². The van der Waals surface area contributed by atoms with E-state index in [1.165, 1.54) is 0 Å². The highest BCUT2D eigenvalue weighted by Crippen LogP contribution is 2.57. The molecule has 0 saturated carbocycles. The molecule has 1 aliphatic rings. The molecule has 0 atom stereocenters. The van der Waals surface area contributed by atoms with Crippen LogP contribution in [-0.2, 0) is 5.41 Å². The van der Waals surface area contributed by atoms with Crippen LogP contribution >= 0.6 is 0 Å². The number of rotatable bonds is 8. The molecule has 10 aromatic carbocycles. The third-order valence-electron chi connectivity index (χ3n) is 11.4. The number of fused-ring (bicyclic) bond motifs is 4. The first kappa shape index (κ1) is 23.6. The van der Waals surface area contributed by atoms with Crippen LogP contribution in [0.1, 0.15) is 41.4 Å². The molecule has 0 N–H and O–H groups in total. The zero-order valence-electron chi connectivity index (χ0n) is 46.0. The smallest absolute Gasteiger partial charge is 0.0714 e. The molecule has 0 saturated heterocycles. The Morgan fingerprint density at radius 2 is 0.950 bits per heavy atom. The second kappa shape index (κ2) is 14.9. The van der Waals surface area contributed by atoms with Gasteiger partial charge >= 0.3 is 0 Å². The van der Waals surface area contributed by atoms with Gasteiger partial charge < -0.3 is 4.90 Å². The summed E-state index contributed by atoms with van der Waals surface area (Å²) in [6.45, 7) is 0. The molecular weight excluding hydrogens is 723 g/mol. The van der Waals surface area contributed by atoms with E-state index in [2.05, 4.69) is 36.4 Å². The van der Waals surface area contributed by atoms with Crippen molar-refractivity contribution in [2.75, 3.05) is 4.90 Å². The first-order valence-corrected chi connectivity index (χ1v) is 19.6. The van der Waals surface area contributed by atoms with Crippen LogP contribution in [0.25, 0.3) is 55.3 Å². The normalized spacial score (nSPS) is 15.7. The first-order valence-electron chi connectivity index (χ1n) is 26.6. The van der Waals surface area contributed by atoms with E-state index in [0.29, 0.717) is 22.3 Å². The van der Waals surface area contributed by atoms with Crippen LogP contribution in [0.3, 0.4) is 0 Å². The van der Waals surface area contributed by atoms with Crippen LogP contribution in [0.4, 0.5) is 17.1 Å². The maximum atomic E-state index is 9.94. The Kier molecular flexibility index (Phi) is 5.86.